The highest BCUT2D eigenvalue weighted by atomic mass is 16.5. The van der Waals surface area contributed by atoms with Crippen LogP contribution in [-0.4, -0.2) is 24.8 Å². The lowest BCUT2D eigenvalue weighted by Crippen LogP contribution is -2.15. The molecular formula is C34H42O4. The van der Waals surface area contributed by atoms with Crippen LogP contribution < -0.4 is 9.47 Å². The molecule has 0 saturated heterocycles. The van der Waals surface area contributed by atoms with E-state index in [1.807, 2.05) is 65.8 Å². The van der Waals surface area contributed by atoms with E-state index in [9.17, 15) is 9.59 Å². The second-order valence-electron chi connectivity index (χ2n) is 10.5. The van der Waals surface area contributed by atoms with Crippen molar-refractivity contribution in [2.24, 2.45) is 0 Å². The van der Waals surface area contributed by atoms with E-state index in [1.165, 1.54) is 0 Å². The van der Waals surface area contributed by atoms with E-state index in [-0.39, 0.29) is 11.6 Å². The Labute approximate surface area is 228 Å². The molecule has 0 aliphatic heterocycles. The van der Waals surface area contributed by atoms with Gasteiger partial charge in [0, 0.05) is 17.2 Å². The minimum absolute atomic E-state index is 0.141. The number of hydrogen-bond acceptors (Lipinski definition) is 4. The fourth-order valence-corrected chi connectivity index (χ4v) is 5.15. The SMILES string of the molecule is CCCCOc1cc(OCCCC)c(C(=O)c2c(C)cc(C)cc2C)cc1C(=O)c1c(C)cc(C)cc1C. The first-order chi connectivity index (χ1) is 18.1. The summed E-state index contributed by atoms with van der Waals surface area (Å²) in [4.78, 5) is 28.2. The molecule has 38 heavy (non-hydrogen) atoms. The average molecular weight is 515 g/mol. The molecule has 0 spiro atoms. The Bertz CT molecular complexity index is 1190. The zero-order valence-corrected chi connectivity index (χ0v) is 24.3. The van der Waals surface area contributed by atoms with Crippen LogP contribution >= 0.6 is 0 Å². The predicted octanol–water partition coefficient (Wildman–Crippen LogP) is 8.36. The largest absolute Gasteiger partial charge is 0.493 e. The molecule has 0 amide bonds. The fourth-order valence-electron chi connectivity index (χ4n) is 5.15. The van der Waals surface area contributed by atoms with Gasteiger partial charge < -0.3 is 9.47 Å². The summed E-state index contributed by atoms with van der Waals surface area (Å²) in [6, 6.07) is 11.5. The van der Waals surface area contributed by atoms with E-state index in [2.05, 4.69) is 13.8 Å². The summed E-state index contributed by atoms with van der Waals surface area (Å²) in [5.74, 6) is 0.641. The van der Waals surface area contributed by atoms with Crippen molar-refractivity contribution in [1.29, 1.82) is 0 Å². The number of rotatable bonds is 12. The molecule has 202 valence electrons. The van der Waals surface area contributed by atoms with Gasteiger partial charge in [-0.15, -0.1) is 0 Å². The Hall–Kier alpha value is -3.40. The van der Waals surface area contributed by atoms with Gasteiger partial charge in [-0.2, -0.15) is 0 Å². The summed E-state index contributed by atoms with van der Waals surface area (Å²) in [6.45, 7) is 17.1. The van der Waals surface area contributed by atoms with Gasteiger partial charge >= 0.3 is 0 Å². The van der Waals surface area contributed by atoms with Crippen LogP contribution in [0, 0.1) is 41.5 Å². The Morgan fingerprint density at radius 1 is 0.553 bits per heavy atom. The molecule has 3 aromatic carbocycles. The van der Waals surface area contributed by atoms with E-state index in [0.29, 0.717) is 47.0 Å². The van der Waals surface area contributed by atoms with Crippen LogP contribution in [0.5, 0.6) is 11.5 Å². The third kappa shape index (κ3) is 6.53. The smallest absolute Gasteiger partial charge is 0.197 e. The number of carbonyl (C=O) groups excluding carboxylic acids is 2. The van der Waals surface area contributed by atoms with E-state index in [4.69, 9.17) is 9.47 Å². The highest BCUT2D eigenvalue weighted by Gasteiger charge is 2.26. The van der Waals surface area contributed by atoms with E-state index in [1.54, 1.807) is 12.1 Å². The van der Waals surface area contributed by atoms with Crippen LogP contribution in [-0.2, 0) is 0 Å². The molecule has 0 unspecified atom stereocenters. The van der Waals surface area contributed by atoms with Crippen molar-refractivity contribution in [1.82, 2.24) is 0 Å². The monoisotopic (exact) mass is 514 g/mol. The minimum Gasteiger partial charge on any atom is -0.493 e. The van der Waals surface area contributed by atoms with Gasteiger partial charge in [-0.25, -0.2) is 0 Å². The van der Waals surface area contributed by atoms with Crippen molar-refractivity contribution in [3.8, 4) is 11.5 Å². The van der Waals surface area contributed by atoms with Crippen LogP contribution in [0.3, 0.4) is 0 Å². The molecule has 0 bridgehead atoms. The number of unbranched alkanes of at least 4 members (excludes halogenated alkanes) is 2. The standard InChI is InChI=1S/C34H42O4/c1-9-11-13-37-29-20-30(38-14-12-10-2)28(34(36)32-25(7)17-22(4)18-26(32)8)19-27(29)33(35)31-23(5)15-21(3)16-24(31)6/h15-20H,9-14H2,1-8H3. The molecule has 3 aromatic rings. The zero-order valence-electron chi connectivity index (χ0n) is 24.3. The molecule has 0 N–H and O–H groups in total. The van der Waals surface area contributed by atoms with Crippen molar-refractivity contribution in [2.75, 3.05) is 13.2 Å². The maximum Gasteiger partial charge on any atom is 0.197 e. The van der Waals surface area contributed by atoms with Crippen molar-refractivity contribution >= 4 is 11.6 Å². The number of hydrogen-bond donors (Lipinski definition) is 0. The normalized spacial score (nSPS) is 10.9. The molecule has 0 heterocycles. The second kappa shape index (κ2) is 12.9. The summed E-state index contributed by atoms with van der Waals surface area (Å²) in [6.07, 6.45) is 3.68. The predicted molar refractivity (Wildman–Crippen MR) is 155 cm³/mol. The third-order valence-corrected chi connectivity index (χ3v) is 6.89. The molecule has 0 atom stereocenters. The molecule has 0 aromatic heterocycles. The number of aryl methyl sites for hydroxylation is 6. The molecule has 0 aliphatic rings. The van der Waals surface area contributed by atoms with E-state index < -0.39 is 0 Å². The van der Waals surface area contributed by atoms with Crippen LogP contribution in [0.1, 0.15) is 105 Å². The van der Waals surface area contributed by atoms with Crippen LogP contribution in [0.15, 0.2) is 36.4 Å². The van der Waals surface area contributed by atoms with Gasteiger partial charge in [-0.3, -0.25) is 9.59 Å². The lowest BCUT2D eigenvalue weighted by atomic mass is 9.89. The van der Waals surface area contributed by atoms with Crippen molar-refractivity contribution in [3.05, 3.63) is 92.0 Å². The fraction of sp³-hybridized carbons (Fsp3) is 0.412. The molecular weight excluding hydrogens is 472 g/mol. The number of benzene rings is 3. The van der Waals surface area contributed by atoms with Gasteiger partial charge in [0.2, 0.25) is 0 Å². The lowest BCUT2D eigenvalue weighted by Gasteiger charge is -2.19. The molecule has 0 saturated carbocycles. The molecule has 0 radical (unpaired) electrons. The highest BCUT2D eigenvalue weighted by molar-refractivity contribution is 6.17. The minimum atomic E-state index is -0.141. The Kier molecular flexibility index (Phi) is 9.90. The third-order valence-electron chi connectivity index (χ3n) is 6.89. The topological polar surface area (TPSA) is 52.6 Å². The lowest BCUT2D eigenvalue weighted by molar-refractivity contribution is 0.103. The van der Waals surface area contributed by atoms with Gasteiger partial charge in [-0.05, 0) is 82.7 Å². The summed E-state index contributed by atoms with van der Waals surface area (Å²) < 4.78 is 12.3. The Morgan fingerprint density at radius 2 is 0.895 bits per heavy atom. The van der Waals surface area contributed by atoms with E-state index >= 15 is 0 Å². The first-order valence-electron chi connectivity index (χ1n) is 13.8. The highest BCUT2D eigenvalue weighted by Crippen LogP contribution is 2.35. The summed E-state index contributed by atoms with van der Waals surface area (Å²) in [5.41, 5.74) is 7.94. The van der Waals surface area contributed by atoms with Crippen LogP contribution in [0.4, 0.5) is 0 Å². The quantitative estimate of drug-likeness (QED) is 0.180. The summed E-state index contributed by atoms with van der Waals surface area (Å²) >= 11 is 0. The van der Waals surface area contributed by atoms with Crippen molar-refractivity contribution in [2.45, 2.75) is 81.1 Å². The van der Waals surface area contributed by atoms with Crippen LogP contribution in [0.2, 0.25) is 0 Å². The second-order valence-corrected chi connectivity index (χ2v) is 10.5. The number of carbonyl (C=O) groups is 2. The van der Waals surface area contributed by atoms with Crippen molar-refractivity contribution in [3.63, 3.8) is 0 Å². The van der Waals surface area contributed by atoms with Gasteiger partial charge in [-0.1, -0.05) is 62.1 Å². The summed E-state index contributed by atoms with van der Waals surface area (Å²) in [7, 11) is 0. The Morgan fingerprint density at radius 3 is 1.21 bits per heavy atom. The maximum atomic E-state index is 14.1. The molecule has 4 nitrogen and oxygen atoms in total. The van der Waals surface area contributed by atoms with Crippen molar-refractivity contribution < 1.29 is 19.1 Å². The first kappa shape index (κ1) is 29.2. The number of ether oxygens (including phenoxy) is 2. The molecule has 3 rings (SSSR count). The zero-order chi connectivity index (χ0) is 28.0. The van der Waals surface area contributed by atoms with Gasteiger partial charge in [0.1, 0.15) is 11.5 Å². The van der Waals surface area contributed by atoms with Gasteiger partial charge in [0.05, 0.1) is 24.3 Å². The van der Waals surface area contributed by atoms with E-state index in [0.717, 1.165) is 59.1 Å². The molecule has 0 fully saturated rings. The number of ketones is 2. The maximum absolute atomic E-state index is 14.1. The molecule has 0 aliphatic carbocycles. The van der Waals surface area contributed by atoms with Gasteiger partial charge in [0.15, 0.2) is 11.6 Å². The van der Waals surface area contributed by atoms with Crippen LogP contribution in [0.25, 0.3) is 0 Å². The summed E-state index contributed by atoms with van der Waals surface area (Å²) in [5, 5.41) is 0. The Balaban J connectivity index is 2.25. The average Bonchev–Trinajstić information content (AvgIpc) is 2.83. The van der Waals surface area contributed by atoms with Gasteiger partial charge in [0.25, 0.3) is 0 Å². The first-order valence-corrected chi connectivity index (χ1v) is 13.8. The molecule has 4 heteroatoms.